The Balaban J connectivity index is 2.58. The number of sulfonamides is 1. The zero-order valence-electron chi connectivity index (χ0n) is 14.0. The third kappa shape index (κ3) is 3.04. The van der Waals surface area contributed by atoms with Gasteiger partial charge in [-0.25, -0.2) is 13.2 Å². The second kappa shape index (κ2) is 6.70. The van der Waals surface area contributed by atoms with Gasteiger partial charge in [-0.3, -0.25) is 14.3 Å². The summed E-state index contributed by atoms with van der Waals surface area (Å²) in [6, 6.07) is 3.03. The molecule has 0 saturated carbocycles. The standard InChI is InChI=1S/C15H20N4O4S/c1-5-12(11-6-8-16-9-7-11)19(4)24(22,23)13-10-17(2)15(21)18(3)14(13)20/h6-10,12H,5H2,1-4H3. The summed E-state index contributed by atoms with van der Waals surface area (Å²) in [5.41, 5.74) is -0.641. The minimum Gasteiger partial charge on any atom is -0.302 e. The van der Waals surface area contributed by atoms with E-state index in [1.54, 1.807) is 24.5 Å². The van der Waals surface area contributed by atoms with Gasteiger partial charge in [0.15, 0.2) is 4.90 Å². The Hall–Kier alpha value is -2.26. The van der Waals surface area contributed by atoms with Crippen LogP contribution in [0.5, 0.6) is 0 Å². The molecule has 130 valence electrons. The van der Waals surface area contributed by atoms with Gasteiger partial charge in [-0.1, -0.05) is 6.92 Å². The third-order valence-electron chi connectivity index (χ3n) is 3.99. The number of aromatic nitrogens is 3. The molecule has 0 N–H and O–H groups in total. The molecular formula is C15H20N4O4S. The Morgan fingerprint density at radius 3 is 2.33 bits per heavy atom. The number of rotatable bonds is 5. The minimum atomic E-state index is -4.07. The fourth-order valence-electron chi connectivity index (χ4n) is 2.56. The van der Waals surface area contributed by atoms with Gasteiger partial charge in [-0.2, -0.15) is 4.31 Å². The highest BCUT2D eigenvalue weighted by Crippen LogP contribution is 2.26. The van der Waals surface area contributed by atoms with E-state index in [1.807, 2.05) is 6.92 Å². The molecule has 0 saturated heterocycles. The number of pyridine rings is 1. The van der Waals surface area contributed by atoms with Crippen LogP contribution < -0.4 is 11.2 Å². The maximum Gasteiger partial charge on any atom is 0.330 e. The van der Waals surface area contributed by atoms with Crippen LogP contribution in [-0.2, 0) is 24.1 Å². The van der Waals surface area contributed by atoms with Gasteiger partial charge in [-0.15, -0.1) is 0 Å². The smallest absolute Gasteiger partial charge is 0.302 e. The lowest BCUT2D eigenvalue weighted by atomic mass is 10.1. The summed E-state index contributed by atoms with van der Waals surface area (Å²) in [6.07, 6.45) is 4.76. The summed E-state index contributed by atoms with van der Waals surface area (Å²) in [5.74, 6) is 0. The van der Waals surface area contributed by atoms with Crippen LogP contribution in [0.2, 0.25) is 0 Å². The number of aryl methyl sites for hydroxylation is 1. The van der Waals surface area contributed by atoms with E-state index in [9.17, 15) is 18.0 Å². The second-order valence-corrected chi connectivity index (χ2v) is 7.44. The monoisotopic (exact) mass is 352 g/mol. The second-order valence-electron chi connectivity index (χ2n) is 5.48. The summed E-state index contributed by atoms with van der Waals surface area (Å²) in [7, 11) is 0.0116. The molecule has 0 aromatic carbocycles. The number of hydrogen-bond donors (Lipinski definition) is 0. The first-order valence-electron chi connectivity index (χ1n) is 7.36. The predicted molar refractivity (Wildman–Crippen MR) is 89.1 cm³/mol. The van der Waals surface area contributed by atoms with E-state index in [4.69, 9.17) is 0 Å². The van der Waals surface area contributed by atoms with Crippen LogP contribution in [0.25, 0.3) is 0 Å². The maximum atomic E-state index is 12.9. The molecular weight excluding hydrogens is 332 g/mol. The largest absolute Gasteiger partial charge is 0.330 e. The molecule has 0 aliphatic heterocycles. The van der Waals surface area contributed by atoms with Crippen molar-refractivity contribution in [3.63, 3.8) is 0 Å². The molecule has 0 aliphatic rings. The highest BCUT2D eigenvalue weighted by atomic mass is 32.2. The molecule has 0 bridgehead atoms. The Morgan fingerprint density at radius 1 is 1.21 bits per heavy atom. The van der Waals surface area contributed by atoms with E-state index in [0.29, 0.717) is 6.42 Å². The van der Waals surface area contributed by atoms with Gasteiger partial charge in [-0.05, 0) is 24.1 Å². The van der Waals surface area contributed by atoms with Gasteiger partial charge in [0.2, 0.25) is 10.0 Å². The fourth-order valence-corrected chi connectivity index (χ4v) is 4.13. The lowest BCUT2D eigenvalue weighted by Crippen LogP contribution is -2.42. The quantitative estimate of drug-likeness (QED) is 0.769. The van der Waals surface area contributed by atoms with E-state index in [-0.39, 0.29) is 0 Å². The molecule has 0 spiro atoms. The average molecular weight is 352 g/mol. The molecule has 8 nitrogen and oxygen atoms in total. The topological polar surface area (TPSA) is 94.3 Å². The Labute approximate surface area is 140 Å². The van der Waals surface area contributed by atoms with Crippen molar-refractivity contribution < 1.29 is 8.42 Å². The Morgan fingerprint density at radius 2 is 1.79 bits per heavy atom. The van der Waals surface area contributed by atoms with E-state index >= 15 is 0 Å². The highest BCUT2D eigenvalue weighted by Gasteiger charge is 2.31. The van der Waals surface area contributed by atoms with Crippen molar-refractivity contribution in [3.05, 3.63) is 57.1 Å². The SMILES string of the molecule is CCC(c1ccncc1)N(C)S(=O)(=O)c1cn(C)c(=O)n(C)c1=O. The zero-order valence-corrected chi connectivity index (χ0v) is 14.8. The van der Waals surface area contributed by atoms with Crippen LogP contribution in [0, 0.1) is 0 Å². The van der Waals surface area contributed by atoms with E-state index in [0.717, 1.165) is 25.2 Å². The van der Waals surface area contributed by atoms with Crippen LogP contribution in [-0.4, -0.2) is 33.9 Å². The summed E-state index contributed by atoms with van der Waals surface area (Å²) in [4.78, 5) is 27.5. The molecule has 0 radical (unpaired) electrons. The average Bonchev–Trinajstić information content (AvgIpc) is 2.57. The molecule has 2 rings (SSSR count). The molecule has 2 heterocycles. The molecule has 2 aromatic rings. The van der Waals surface area contributed by atoms with Crippen molar-refractivity contribution in [1.29, 1.82) is 0 Å². The van der Waals surface area contributed by atoms with E-state index in [2.05, 4.69) is 4.98 Å². The zero-order chi connectivity index (χ0) is 18.1. The van der Waals surface area contributed by atoms with Crippen LogP contribution in [0.4, 0.5) is 0 Å². The van der Waals surface area contributed by atoms with Crippen molar-refractivity contribution in [2.24, 2.45) is 14.1 Å². The first kappa shape index (κ1) is 18.1. The molecule has 1 atom stereocenters. The van der Waals surface area contributed by atoms with Crippen molar-refractivity contribution in [3.8, 4) is 0 Å². The molecule has 0 fully saturated rings. The van der Waals surface area contributed by atoms with Gasteiger partial charge < -0.3 is 4.57 Å². The molecule has 24 heavy (non-hydrogen) atoms. The summed E-state index contributed by atoms with van der Waals surface area (Å²) in [5, 5.41) is 0. The summed E-state index contributed by atoms with van der Waals surface area (Å²) in [6.45, 7) is 1.86. The van der Waals surface area contributed by atoms with Crippen LogP contribution >= 0.6 is 0 Å². The Kier molecular flexibility index (Phi) is 5.05. The van der Waals surface area contributed by atoms with Crippen molar-refractivity contribution in [2.75, 3.05) is 7.05 Å². The van der Waals surface area contributed by atoms with Gasteiger partial charge >= 0.3 is 5.69 Å². The normalized spacial score (nSPS) is 13.2. The first-order chi connectivity index (χ1) is 11.2. The number of nitrogens with zero attached hydrogens (tertiary/aromatic N) is 4. The fraction of sp³-hybridized carbons (Fsp3) is 0.400. The number of hydrogen-bond acceptors (Lipinski definition) is 5. The maximum absolute atomic E-state index is 12.9. The lowest BCUT2D eigenvalue weighted by molar-refractivity contribution is 0.365. The third-order valence-corrected chi connectivity index (χ3v) is 5.84. The van der Waals surface area contributed by atoms with Crippen LogP contribution in [0.3, 0.4) is 0 Å². The van der Waals surface area contributed by atoms with Crippen molar-refractivity contribution in [2.45, 2.75) is 24.3 Å². The molecule has 9 heteroatoms. The van der Waals surface area contributed by atoms with Gasteiger partial charge in [0.1, 0.15) is 0 Å². The first-order valence-corrected chi connectivity index (χ1v) is 8.80. The minimum absolute atomic E-state index is 0.429. The van der Waals surface area contributed by atoms with Crippen molar-refractivity contribution >= 4 is 10.0 Å². The van der Waals surface area contributed by atoms with E-state index < -0.39 is 32.2 Å². The van der Waals surface area contributed by atoms with Gasteiger partial charge in [0.05, 0.1) is 0 Å². The predicted octanol–water partition coefficient (Wildman–Crippen LogP) is 0.251. The molecule has 0 aliphatic carbocycles. The Bertz CT molecular complexity index is 948. The highest BCUT2D eigenvalue weighted by molar-refractivity contribution is 7.89. The molecule has 1 unspecified atom stereocenters. The van der Waals surface area contributed by atoms with Crippen LogP contribution in [0.1, 0.15) is 24.9 Å². The van der Waals surface area contributed by atoms with Crippen molar-refractivity contribution in [1.82, 2.24) is 18.4 Å². The van der Waals surface area contributed by atoms with Gasteiger partial charge in [0.25, 0.3) is 5.56 Å². The lowest BCUT2D eigenvalue weighted by Gasteiger charge is -2.26. The van der Waals surface area contributed by atoms with Gasteiger partial charge in [0, 0.05) is 45.8 Å². The molecule has 0 amide bonds. The van der Waals surface area contributed by atoms with Crippen LogP contribution in [0.15, 0.2) is 45.2 Å². The summed E-state index contributed by atoms with van der Waals surface area (Å²) < 4.78 is 28.9. The van der Waals surface area contributed by atoms with E-state index in [1.165, 1.54) is 21.1 Å². The molecule has 2 aromatic heterocycles. The summed E-state index contributed by atoms with van der Waals surface area (Å²) >= 11 is 0.